The number of benzene rings is 2. The Labute approximate surface area is 196 Å². The molecule has 2 atom stereocenters. The molecule has 3 aromatic rings. The van der Waals surface area contributed by atoms with Gasteiger partial charge in [-0.05, 0) is 35.7 Å². The van der Waals surface area contributed by atoms with Gasteiger partial charge in [0.15, 0.2) is 0 Å². The van der Waals surface area contributed by atoms with Crippen molar-refractivity contribution in [3.8, 4) is 5.75 Å². The summed E-state index contributed by atoms with van der Waals surface area (Å²) in [6.07, 6.45) is 3.09. The molecule has 1 fully saturated rings. The molecule has 0 unspecified atom stereocenters. The van der Waals surface area contributed by atoms with Crippen LogP contribution in [0, 0.1) is 0 Å². The predicted octanol–water partition coefficient (Wildman–Crippen LogP) is 1.81. The molecule has 3 aliphatic heterocycles. The summed E-state index contributed by atoms with van der Waals surface area (Å²) in [5.74, 6) is 0.223. The lowest BCUT2D eigenvalue weighted by Gasteiger charge is -2.35. The van der Waals surface area contributed by atoms with E-state index in [1.54, 1.807) is 14.5 Å². The predicted molar refractivity (Wildman–Crippen MR) is 122 cm³/mol. The summed E-state index contributed by atoms with van der Waals surface area (Å²) in [4.78, 5) is 30.6. The number of amides is 2. The number of anilines is 1. The SMILES string of the molecule is O=C(CO)N1CC[C@@]23C(=O)N(Cc4cn(nn4)CCCOc4cccc(c4)[C@H]12)c1ccccc13. The van der Waals surface area contributed by atoms with E-state index in [0.717, 1.165) is 23.2 Å². The lowest BCUT2D eigenvalue weighted by molar-refractivity contribution is -0.136. The molecule has 9 nitrogen and oxygen atoms in total. The van der Waals surface area contributed by atoms with Crippen LogP contribution in [0.2, 0.25) is 0 Å². The molecule has 0 radical (unpaired) electrons. The number of aromatic nitrogens is 3. The fourth-order valence-electron chi connectivity index (χ4n) is 5.74. The average Bonchev–Trinajstić information content (AvgIpc) is 3.54. The number of rotatable bonds is 1. The summed E-state index contributed by atoms with van der Waals surface area (Å²) in [6.45, 7) is 1.23. The van der Waals surface area contributed by atoms with Gasteiger partial charge in [-0.25, -0.2) is 0 Å². The van der Waals surface area contributed by atoms with Gasteiger partial charge in [-0.1, -0.05) is 35.5 Å². The van der Waals surface area contributed by atoms with Gasteiger partial charge in [0.25, 0.3) is 0 Å². The summed E-state index contributed by atoms with van der Waals surface area (Å²) in [7, 11) is 0. The number of fused-ring (bicyclic) bond motifs is 8. The molecule has 2 amide bonds. The largest absolute Gasteiger partial charge is 0.494 e. The second-order valence-electron chi connectivity index (χ2n) is 9.03. The molecule has 0 saturated carbocycles. The molecule has 1 spiro atoms. The zero-order valence-electron chi connectivity index (χ0n) is 18.6. The molecule has 1 aromatic heterocycles. The standard InChI is InChI=1S/C25H25N5O4/c31-16-22(32)29-11-9-25-20-7-1-2-8-21(20)30(24(25)33)15-18-14-28(27-26-18)10-4-12-34-19-6-3-5-17(13-19)23(25)29/h1-3,5-8,13-14,23,31H,4,9-12,15-16H2/t23-,25-/m0/s1. The molecule has 6 rings (SSSR count). The van der Waals surface area contributed by atoms with Gasteiger partial charge in [0.05, 0.1) is 25.4 Å². The Bertz CT molecular complexity index is 1270. The molecule has 3 aliphatic rings. The third-order valence-electron chi connectivity index (χ3n) is 7.16. The molecule has 1 N–H and O–H groups in total. The summed E-state index contributed by atoms with van der Waals surface area (Å²) >= 11 is 0. The molecule has 9 heteroatoms. The van der Waals surface area contributed by atoms with E-state index in [4.69, 9.17) is 4.74 Å². The van der Waals surface area contributed by atoms with E-state index in [2.05, 4.69) is 10.3 Å². The van der Waals surface area contributed by atoms with E-state index in [9.17, 15) is 14.7 Å². The van der Waals surface area contributed by atoms with Crippen molar-refractivity contribution in [3.63, 3.8) is 0 Å². The second-order valence-corrected chi connectivity index (χ2v) is 9.03. The first-order valence-electron chi connectivity index (χ1n) is 11.6. The first-order valence-corrected chi connectivity index (χ1v) is 11.6. The normalized spacial score (nSPS) is 23.6. The van der Waals surface area contributed by atoms with E-state index in [1.165, 1.54) is 0 Å². The summed E-state index contributed by atoms with van der Waals surface area (Å²) < 4.78 is 7.78. The lowest BCUT2D eigenvalue weighted by atomic mass is 9.72. The molecule has 4 heterocycles. The van der Waals surface area contributed by atoms with E-state index >= 15 is 0 Å². The lowest BCUT2D eigenvalue weighted by Crippen LogP contribution is -2.46. The van der Waals surface area contributed by atoms with Gasteiger partial charge in [0, 0.05) is 25.2 Å². The Morgan fingerprint density at radius 2 is 2.06 bits per heavy atom. The molecule has 1 saturated heterocycles. The van der Waals surface area contributed by atoms with Crippen molar-refractivity contribution in [2.75, 3.05) is 24.7 Å². The Morgan fingerprint density at radius 1 is 1.18 bits per heavy atom. The second kappa shape index (κ2) is 7.95. The molecule has 0 aliphatic carbocycles. The van der Waals surface area contributed by atoms with Gasteiger partial charge < -0.3 is 19.6 Å². The minimum Gasteiger partial charge on any atom is -0.494 e. The first kappa shape index (κ1) is 20.9. The minimum absolute atomic E-state index is 0.0670. The fraction of sp³-hybridized carbons (Fsp3) is 0.360. The van der Waals surface area contributed by atoms with Gasteiger partial charge in [-0.3, -0.25) is 14.3 Å². The van der Waals surface area contributed by atoms with Crippen LogP contribution in [-0.4, -0.2) is 56.6 Å². The quantitative estimate of drug-likeness (QED) is 0.596. The van der Waals surface area contributed by atoms with Crippen LogP contribution in [0.3, 0.4) is 0 Å². The minimum atomic E-state index is -0.962. The van der Waals surface area contributed by atoms with Crippen LogP contribution in [0.5, 0.6) is 5.75 Å². The topological polar surface area (TPSA) is 101 Å². The van der Waals surface area contributed by atoms with Gasteiger partial charge in [0.2, 0.25) is 11.8 Å². The number of carbonyl (C=O) groups is 2. The van der Waals surface area contributed by atoms with E-state index in [1.807, 2.05) is 54.7 Å². The van der Waals surface area contributed by atoms with Gasteiger partial charge in [-0.15, -0.1) is 5.10 Å². The van der Waals surface area contributed by atoms with E-state index < -0.39 is 24.0 Å². The highest BCUT2D eigenvalue weighted by Crippen LogP contribution is 2.57. The van der Waals surface area contributed by atoms with Crippen molar-refractivity contribution < 1.29 is 19.4 Å². The van der Waals surface area contributed by atoms with Crippen molar-refractivity contribution in [2.24, 2.45) is 0 Å². The summed E-state index contributed by atoms with van der Waals surface area (Å²) in [5, 5.41) is 18.2. The number of aryl methyl sites for hydroxylation is 1. The number of aliphatic hydroxyl groups is 1. The zero-order valence-corrected chi connectivity index (χ0v) is 18.6. The molecular formula is C25H25N5O4. The van der Waals surface area contributed by atoms with Crippen LogP contribution in [0.1, 0.15) is 35.7 Å². The van der Waals surface area contributed by atoms with Gasteiger partial charge in [-0.2, -0.15) is 0 Å². The first-order chi connectivity index (χ1) is 16.6. The maximum atomic E-state index is 14.3. The number of hydrogen-bond donors (Lipinski definition) is 1. The van der Waals surface area contributed by atoms with Crippen LogP contribution in [-0.2, 0) is 28.1 Å². The molecular weight excluding hydrogens is 434 g/mol. The van der Waals surface area contributed by atoms with Crippen molar-refractivity contribution >= 4 is 17.5 Å². The smallest absolute Gasteiger partial charge is 0.248 e. The van der Waals surface area contributed by atoms with Crippen LogP contribution in [0.25, 0.3) is 0 Å². The number of para-hydroxylation sites is 1. The van der Waals surface area contributed by atoms with Crippen LogP contribution < -0.4 is 9.64 Å². The summed E-state index contributed by atoms with van der Waals surface area (Å²) in [5.41, 5.74) is 2.28. The monoisotopic (exact) mass is 459 g/mol. The maximum Gasteiger partial charge on any atom is 0.248 e. The highest BCUT2D eigenvalue weighted by molar-refractivity contribution is 6.09. The van der Waals surface area contributed by atoms with E-state index in [0.29, 0.717) is 44.1 Å². The van der Waals surface area contributed by atoms with Crippen molar-refractivity contribution in [1.82, 2.24) is 19.9 Å². The Hall–Kier alpha value is -3.72. The number of carbonyl (C=O) groups excluding carboxylic acids is 2. The van der Waals surface area contributed by atoms with Crippen molar-refractivity contribution in [1.29, 1.82) is 0 Å². The number of ether oxygens (including phenoxy) is 1. The number of aliphatic hydroxyl groups excluding tert-OH is 1. The molecule has 6 bridgehead atoms. The Kier molecular flexibility index (Phi) is 4.88. The number of hydrogen-bond acceptors (Lipinski definition) is 6. The fourth-order valence-corrected chi connectivity index (χ4v) is 5.74. The third kappa shape index (κ3) is 3.03. The molecule has 34 heavy (non-hydrogen) atoms. The highest BCUT2D eigenvalue weighted by Gasteiger charge is 2.61. The maximum absolute atomic E-state index is 14.3. The molecule has 2 aromatic carbocycles. The highest BCUT2D eigenvalue weighted by atomic mass is 16.5. The van der Waals surface area contributed by atoms with Crippen molar-refractivity contribution in [3.05, 3.63) is 71.5 Å². The average molecular weight is 460 g/mol. The zero-order chi connectivity index (χ0) is 23.3. The molecule has 174 valence electrons. The summed E-state index contributed by atoms with van der Waals surface area (Å²) in [6, 6.07) is 14.8. The van der Waals surface area contributed by atoms with Crippen LogP contribution >= 0.6 is 0 Å². The third-order valence-corrected chi connectivity index (χ3v) is 7.16. The van der Waals surface area contributed by atoms with Crippen LogP contribution in [0.4, 0.5) is 5.69 Å². The van der Waals surface area contributed by atoms with Gasteiger partial charge in [0.1, 0.15) is 23.5 Å². The van der Waals surface area contributed by atoms with Crippen LogP contribution in [0.15, 0.2) is 54.7 Å². The number of nitrogens with zero attached hydrogens (tertiary/aromatic N) is 5. The van der Waals surface area contributed by atoms with Gasteiger partial charge >= 0.3 is 0 Å². The Morgan fingerprint density at radius 3 is 2.94 bits per heavy atom. The number of likely N-dealkylation sites (tertiary alicyclic amines) is 1. The van der Waals surface area contributed by atoms with E-state index in [-0.39, 0.29) is 5.91 Å². The van der Waals surface area contributed by atoms with Crippen molar-refractivity contribution in [2.45, 2.75) is 37.4 Å². The Balaban J connectivity index is 1.57.